The van der Waals surface area contributed by atoms with Crippen LogP contribution in [0.4, 0.5) is 0 Å². The molecule has 0 radical (unpaired) electrons. The Bertz CT molecular complexity index is 458. The van der Waals surface area contributed by atoms with Gasteiger partial charge in [-0.25, -0.2) is 9.78 Å². The fourth-order valence-electron chi connectivity index (χ4n) is 1.76. The number of amides is 1. The molecule has 0 aromatic carbocycles. The van der Waals surface area contributed by atoms with E-state index < -0.39 is 18.2 Å². The van der Waals surface area contributed by atoms with Crippen LogP contribution < -0.4 is 5.32 Å². The first-order valence-corrected chi connectivity index (χ1v) is 5.57. The van der Waals surface area contributed by atoms with E-state index in [0.29, 0.717) is 18.7 Å². The van der Waals surface area contributed by atoms with Gasteiger partial charge in [0, 0.05) is 7.05 Å². The van der Waals surface area contributed by atoms with E-state index in [1.165, 1.54) is 11.0 Å². The second-order valence-corrected chi connectivity index (χ2v) is 4.08. The molecule has 8 nitrogen and oxygen atoms in total. The molecule has 0 spiro atoms. The summed E-state index contributed by atoms with van der Waals surface area (Å²) < 4.78 is 6.66. The third-order valence-corrected chi connectivity index (χ3v) is 2.66. The fourth-order valence-corrected chi connectivity index (χ4v) is 1.76. The van der Waals surface area contributed by atoms with Crippen LogP contribution in [0.15, 0.2) is 6.33 Å². The average Bonchev–Trinajstić information content (AvgIpc) is 2.94. The molecule has 1 saturated heterocycles. The summed E-state index contributed by atoms with van der Waals surface area (Å²) in [6, 6.07) is 0. The molecule has 98 valence electrons. The van der Waals surface area contributed by atoms with Crippen molar-refractivity contribution in [3.63, 3.8) is 0 Å². The smallest absolute Gasteiger partial charge is 0.332 e. The number of rotatable bonds is 4. The second kappa shape index (κ2) is 5.13. The SMILES string of the molecule is Cn1cnc(CNC(=O)[C@@H]2CC[C@H](C(=O)O)O2)n1. The van der Waals surface area contributed by atoms with Crippen LogP contribution in [0, 0.1) is 0 Å². The Hall–Kier alpha value is -1.96. The van der Waals surface area contributed by atoms with Crippen molar-refractivity contribution in [2.75, 3.05) is 0 Å². The van der Waals surface area contributed by atoms with Gasteiger partial charge in [-0.05, 0) is 12.8 Å². The van der Waals surface area contributed by atoms with Crippen molar-refractivity contribution in [1.82, 2.24) is 20.1 Å². The molecule has 1 aliphatic rings. The van der Waals surface area contributed by atoms with Gasteiger partial charge in [0.25, 0.3) is 0 Å². The Balaban J connectivity index is 1.80. The molecule has 8 heteroatoms. The Kier molecular flexibility index (Phi) is 3.56. The van der Waals surface area contributed by atoms with Gasteiger partial charge < -0.3 is 15.2 Å². The van der Waals surface area contributed by atoms with Crippen molar-refractivity contribution in [1.29, 1.82) is 0 Å². The number of ether oxygens (including phenoxy) is 1. The number of aromatic nitrogens is 3. The van der Waals surface area contributed by atoms with Gasteiger partial charge in [0.2, 0.25) is 5.91 Å². The van der Waals surface area contributed by atoms with Crippen LogP contribution in [-0.4, -0.2) is 44.0 Å². The zero-order valence-corrected chi connectivity index (χ0v) is 9.87. The highest BCUT2D eigenvalue weighted by Gasteiger charge is 2.34. The van der Waals surface area contributed by atoms with E-state index in [0.717, 1.165) is 0 Å². The van der Waals surface area contributed by atoms with E-state index in [4.69, 9.17) is 9.84 Å². The summed E-state index contributed by atoms with van der Waals surface area (Å²) in [6.07, 6.45) is 0.727. The second-order valence-electron chi connectivity index (χ2n) is 4.08. The number of hydrogen-bond donors (Lipinski definition) is 2. The van der Waals surface area contributed by atoms with Crippen LogP contribution in [0.25, 0.3) is 0 Å². The number of carbonyl (C=O) groups excluding carboxylic acids is 1. The lowest BCUT2D eigenvalue weighted by molar-refractivity contribution is -0.151. The molecule has 18 heavy (non-hydrogen) atoms. The number of aliphatic carboxylic acids is 1. The molecule has 0 saturated carbocycles. The zero-order valence-electron chi connectivity index (χ0n) is 9.87. The zero-order chi connectivity index (χ0) is 13.1. The normalized spacial score (nSPS) is 22.9. The lowest BCUT2D eigenvalue weighted by atomic mass is 10.2. The largest absolute Gasteiger partial charge is 0.479 e. The van der Waals surface area contributed by atoms with E-state index in [-0.39, 0.29) is 12.5 Å². The van der Waals surface area contributed by atoms with Crippen molar-refractivity contribution in [2.45, 2.75) is 31.6 Å². The first-order chi connectivity index (χ1) is 8.56. The van der Waals surface area contributed by atoms with Gasteiger partial charge in [-0.3, -0.25) is 9.48 Å². The van der Waals surface area contributed by atoms with E-state index in [2.05, 4.69) is 15.4 Å². The number of carbonyl (C=O) groups is 2. The topological polar surface area (TPSA) is 106 Å². The Morgan fingerprint density at radius 2 is 2.28 bits per heavy atom. The number of carboxylic acids is 1. The predicted molar refractivity (Wildman–Crippen MR) is 58.4 cm³/mol. The maximum Gasteiger partial charge on any atom is 0.332 e. The molecule has 2 atom stereocenters. The lowest BCUT2D eigenvalue weighted by Gasteiger charge is -2.10. The van der Waals surface area contributed by atoms with E-state index in [1.54, 1.807) is 7.05 Å². The number of nitrogens with zero attached hydrogens (tertiary/aromatic N) is 3. The first-order valence-electron chi connectivity index (χ1n) is 5.57. The average molecular weight is 254 g/mol. The molecule has 1 fully saturated rings. The number of hydrogen-bond acceptors (Lipinski definition) is 5. The Labute approximate surface area is 103 Å². The lowest BCUT2D eigenvalue weighted by Crippen LogP contribution is -2.35. The monoisotopic (exact) mass is 254 g/mol. The maximum atomic E-state index is 11.7. The minimum absolute atomic E-state index is 0.206. The predicted octanol–water partition coefficient (Wildman–Crippen LogP) is -0.936. The quantitative estimate of drug-likeness (QED) is 0.718. The minimum Gasteiger partial charge on any atom is -0.479 e. The molecule has 1 aliphatic heterocycles. The van der Waals surface area contributed by atoms with Crippen LogP contribution in [0.5, 0.6) is 0 Å². The summed E-state index contributed by atoms with van der Waals surface area (Å²) in [4.78, 5) is 26.3. The summed E-state index contributed by atoms with van der Waals surface area (Å²) in [7, 11) is 1.73. The highest BCUT2D eigenvalue weighted by Crippen LogP contribution is 2.19. The summed E-state index contributed by atoms with van der Waals surface area (Å²) in [5, 5.41) is 15.4. The summed E-state index contributed by atoms with van der Waals surface area (Å²) >= 11 is 0. The van der Waals surface area contributed by atoms with Crippen molar-refractivity contribution < 1.29 is 19.4 Å². The van der Waals surface area contributed by atoms with Crippen LogP contribution in [0.2, 0.25) is 0 Å². The van der Waals surface area contributed by atoms with Gasteiger partial charge in [0.15, 0.2) is 11.9 Å². The molecule has 1 aromatic rings. The van der Waals surface area contributed by atoms with E-state index in [1.807, 2.05) is 0 Å². The molecule has 0 bridgehead atoms. The highest BCUT2D eigenvalue weighted by atomic mass is 16.5. The molecule has 2 N–H and O–H groups in total. The minimum atomic E-state index is -1.03. The molecule has 2 heterocycles. The van der Waals surface area contributed by atoms with Gasteiger partial charge in [-0.15, -0.1) is 0 Å². The Morgan fingerprint density at radius 1 is 1.56 bits per heavy atom. The molecular formula is C10H14N4O4. The number of nitrogens with one attached hydrogen (secondary N) is 1. The maximum absolute atomic E-state index is 11.7. The molecule has 1 aromatic heterocycles. The van der Waals surface area contributed by atoms with Crippen molar-refractivity contribution in [3.8, 4) is 0 Å². The third kappa shape index (κ3) is 2.83. The fraction of sp³-hybridized carbons (Fsp3) is 0.600. The van der Waals surface area contributed by atoms with Crippen LogP contribution in [-0.2, 0) is 27.9 Å². The number of carboxylic acid groups (broad SMARTS) is 1. The standard InChI is InChI=1S/C10H14N4O4/c1-14-5-12-8(13-14)4-11-9(15)6-2-3-7(18-6)10(16)17/h5-7H,2-4H2,1H3,(H,11,15)(H,16,17)/t6-,7+/m0/s1. The summed E-state index contributed by atoms with van der Waals surface area (Å²) in [6.45, 7) is 0.206. The van der Waals surface area contributed by atoms with Gasteiger partial charge in [0.1, 0.15) is 12.4 Å². The van der Waals surface area contributed by atoms with E-state index in [9.17, 15) is 9.59 Å². The molecule has 0 aliphatic carbocycles. The number of aryl methyl sites for hydroxylation is 1. The van der Waals surface area contributed by atoms with Gasteiger partial charge in [-0.1, -0.05) is 0 Å². The summed E-state index contributed by atoms with van der Waals surface area (Å²) in [5.74, 6) is -0.860. The van der Waals surface area contributed by atoms with Crippen LogP contribution >= 0.6 is 0 Å². The molecule has 0 unspecified atom stereocenters. The van der Waals surface area contributed by atoms with Crippen molar-refractivity contribution in [2.24, 2.45) is 7.05 Å². The first kappa shape index (κ1) is 12.5. The van der Waals surface area contributed by atoms with Crippen molar-refractivity contribution in [3.05, 3.63) is 12.2 Å². The molecule has 1 amide bonds. The highest BCUT2D eigenvalue weighted by molar-refractivity contribution is 5.82. The van der Waals surface area contributed by atoms with Gasteiger partial charge in [-0.2, -0.15) is 5.10 Å². The molecular weight excluding hydrogens is 240 g/mol. The van der Waals surface area contributed by atoms with Crippen LogP contribution in [0.3, 0.4) is 0 Å². The molecule has 2 rings (SSSR count). The van der Waals surface area contributed by atoms with Crippen molar-refractivity contribution >= 4 is 11.9 Å². The Morgan fingerprint density at radius 3 is 2.83 bits per heavy atom. The van der Waals surface area contributed by atoms with Gasteiger partial charge >= 0.3 is 5.97 Å². The summed E-state index contributed by atoms with van der Waals surface area (Å²) in [5.41, 5.74) is 0. The van der Waals surface area contributed by atoms with Gasteiger partial charge in [0.05, 0.1) is 6.54 Å². The third-order valence-electron chi connectivity index (χ3n) is 2.66. The van der Waals surface area contributed by atoms with Crippen LogP contribution in [0.1, 0.15) is 18.7 Å². The van der Waals surface area contributed by atoms with E-state index >= 15 is 0 Å².